The van der Waals surface area contributed by atoms with E-state index in [-0.39, 0.29) is 11.8 Å². The molecule has 0 bridgehead atoms. The predicted molar refractivity (Wildman–Crippen MR) is 123 cm³/mol. The lowest BCUT2D eigenvalue weighted by molar-refractivity contribution is -0.122. The second-order valence-electron chi connectivity index (χ2n) is 7.36. The fraction of sp³-hybridized carbons (Fsp3) is 0.231. The monoisotopic (exact) mass is 416 g/mol. The molecule has 5 nitrogen and oxygen atoms in total. The summed E-state index contributed by atoms with van der Waals surface area (Å²) < 4.78 is 5.88. The average Bonchev–Trinajstić information content (AvgIpc) is 2.78. The maximum Gasteiger partial charge on any atom is 0.265 e. The minimum atomic E-state index is -0.656. The Kier molecular flexibility index (Phi) is 7.82. The summed E-state index contributed by atoms with van der Waals surface area (Å²) in [6.45, 7) is 4.38. The van der Waals surface area contributed by atoms with E-state index >= 15 is 0 Å². The number of benzene rings is 3. The standard InChI is InChI=1S/C26H28N2O3/c1-3-24(31-21-13-9-10-19(2)18-21)26(30)28-23-15-8-7-14-22(23)25(29)27-17-16-20-11-5-4-6-12-20/h4-15,18,24H,3,16-17H2,1-2H3,(H,27,29)(H,28,30)/t24-/m0/s1. The average molecular weight is 417 g/mol. The second kappa shape index (κ2) is 11.0. The molecule has 0 aliphatic heterocycles. The number of ether oxygens (including phenoxy) is 1. The third kappa shape index (κ3) is 6.44. The fourth-order valence-electron chi connectivity index (χ4n) is 3.24. The lowest BCUT2D eigenvalue weighted by Crippen LogP contribution is -2.33. The molecule has 0 unspecified atom stereocenters. The molecule has 0 spiro atoms. The maximum atomic E-state index is 12.8. The Morgan fingerprint density at radius 1 is 0.935 bits per heavy atom. The van der Waals surface area contributed by atoms with Gasteiger partial charge in [0.05, 0.1) is 11.3 Å². The second-order valence-corrected chi connectivity index (χ2v) is 7.36. The Balaban J connectivity index is 1.63. The number of para-hydroxylation sites is 1. The van der Waals surface area contributed by atoms with Gasteiger partial charge in [0, 0.05) is 6.54 Å². The van der Waals surface area contributed by atoms with Gasteiger partial charge in [0.25, 0.3) is 11.8 Å². The van der Waals surface area contributed by atoms with Crippen LogP contribution in [0.4, 0.5) is 5.69 Å². The SMILES string of the molecule is CC[C@H](Oc1cccc(C)c1)C(=O)Nc1ccccc1C(=O)NCCc1ccccc1. The minimum absolute atomic E-state index is 0.223. The van der Waals surface area contributed by atoms with E-state index in [1.165, 1.54) is 0 Å². The Hall–Kier alpha value is -3.60. The van der Waals surface area contributed by atoms with E-state index in [4.69, 9.17) is 4.74 Å². The molecule has 160 valence electrons. The van der Waals surface area contributed by atoms with E-state index < -0.39 is 6.10 Å². The summed E-state index contributed by atoms with van der Waals surface area (Å²) in [6.07, 6.45) is 0.588. The van der Waals surface area contributed by atoms with Crippen LogP contribution in [0.1, 0.15) is 34.8 Å². The van der Waals surface area contributed by atoms with E-state index in [9.17, 15) is 9.59 Å². The zero-order valence-corrected chi connectivity index (χ0v) is 17.9. The van der Waals surface area contributed by atoms with Gasteiger partial charge in [0.1, 0.15) is 5.75 Å². The molecule has 0 radical (unpaired) electrons. The van der Waals surface area contributed by atoms with Crippen LogP contribution in [0.15, 0.2) is 78.9 Å². The molecule has 0 heterocycles. The summed E-state index contributed by atoms with van der Waals surface area (Å²) in [5.74, 6) is 0.141. The number of aryl methyl sites for hydroxylation is 1. The molecule has 0 aliphatic rings. The van der Waals surface area contributed by atoms with Crippen LogP contribution in [0.5, 0.6) is 5.75 Å². The van der Waals surface area contributed by atoms with Crippen molar-refractivity contribution in [2.24, 2.45) is 0 Å². The van der Waals surface area contributed by atoms with Crippen molar-refractivity contribution in [2.75, 3.05) is 11.9 Å². The number of hydrogen-bond acceptors (Lipinski definition) is 3. The predicted octanol–water partition coefficient (Wildman–Crippen LogP) is 4.76. The van der Waals surface area contributed by atoms with Crippen LogP contribution in [-0.4, -0.2) is 24.5 Å². The number of anilines is 1. The van der Waals surface area contributed by atoms with Gasteiger partial charge in [0.15, 0.2) is 6.10 Å². The van der Waals surface area contributed by atoms with Gasteiger partial charge < -0.3 is 15.4 Å². The van der Waals surface area contributed by atoms with E-state index in [1.807, 2.05) is 68.4 Å². The normalized spacial score (nSPS) is 11.4. The summed E-state index contributed by atoms with van der Waals surface area (Å²) >= 11 is 0. The molecule has 0 aromatic heterocycles. The Morgan fingerprint density at radius 3 is 2.42 bits per heavy atom. The smallest absolute Gasteiger partial charge is 0.265 e. The van der Waals surface area contributed by atoms with Crippen molar-refractivity contribution < 1.29 is 14.3 Å². The number of hydrogen-bond donors (Lipinski definition) is 2. The number of rotatable bonds is 9. The molecule has 2 N–H and O–H groups in total. The minimum Gasteiger partial charge on any atom is -0.481 e. The van der Waals surface area contributed by atoms with Crippen molar-refractivity contribution in [2.45, 2.75) is 32.8 Å². The molecule has 0 aliphatic carbocycles. The van der Waals surface area contributed by atoms with Gasteiger partial charge in [-0.15, -0.1) is 0 Å². The highest BCUT2D eigenvalue weighted by molar-refractivity contribution is 6.04. The number of amides is 2. The first-order chi connectivity index (χ1) is 15.1. The van der Waals surface area contributed by atoms with Crippen LogP contribution in [0.3, 0.4) is 0 Å². The highest BCUT2D eigenvalue weighted by Crippen LogP contribution is 2.19. The number of carbonyl (C=O) groups excluding carboxylic acids is 2. The summed E-state index contributed by atoms with van der Waals surface area (Å²) in [7, 11) is 0. The third-order valence-corrected chi connectivity index (χ3v) is 4.90. The lowest BCUT2D eigenvalue weighted by Gasteiger charge is -2.19. The molecule has 31 heavy (non-hydrogen) atoms. The molecule has 2 amide bonds. The van der Waals surface area contributed by atoms with Gasteiger partial charge >= 0.3 is 0 Å². The summed E-state index contributed by atoms with van der Waals surface area (Å²) in [5.41, 5.74) is 3.11. The molecule has 0 saturated heterocycles. The van der Waals surface area contributed by atoms with Crippen LogP contribution in [0, 0.1) is 6.92 Å². The van der Waals surface area contributed by atoms with Gasteiger partial charge in [-0.25, -0.2) is 0 Å². The van der Waals surface area contributed by atoms with Crippen molar-refractivity contribution in [3.63, 3.8) is 0 Å². The van der Waals surface area contributed by atoms with Gasteiger partial charge in [-0.3, -0.25) is 9.59 Å². The van der Waals surface area contributed by atoms with Crippen LogP contribution < -0.4 is 15.4 Å². The molecule has 3 aromatic carbocycles. The summed E-state index contributed by atoms with van der Waals surface area (Å²) in [4.78, 5) is 25.6. The first-order valence-corrected chi connectivity index (χ1v) is 10.5. The van der Waals surface area contributed by atoms with E-state index in [1.54, 1.807) is 24.3 Å². The largest absolute Gasteiger partial charge is 0.481 e. The molecule has 3 rings (SSSR count). The van der Waals surface area contributed by atoms with Crippen molar-refractivity contribution in [1.29, 1.82) is 0 Å². The first-order valence-electron chi connectivity index (χ1n) is 10.5. The van der Waals surface area contributed by atoms with E-state index in [0.717, 1.165) is 17.5 Å². The van der Waals surface area contributed by atoms with Crippen molar-refractivity contribution >= 4 is 17.5 Å². The Labute approximate surface area is 183 Å². The maximum absolute atomic E-state index is 12.8. The number of nitrogens with one attached hydrogen (secondary N) is 2. The third-order valence-electron chi connectivity index (χ3n) is 4.90. The fourth-order valence-corrected chi connectivity index (χ4v) is 3.24. The van der Waals surface area contributed by atoms with Crippen LogP contribution in [0.2, 0.25) is 0 Å². The molecule has 0 fully saturated rings. The van der Waals surface area contributed by atoms with E-state index in [2.05, 4.69) is 10.6 Å². The van der Waals surface area contributed by atoms with Gasteiger partial charge in [-0.2, -0.15) is 0 Å². The van der Waals surface area contributed by atoms with Gasteiger partial charge in [0.2, 0.25) is 0 Å². The van der Waals surface area contributed by atoms with Crippen LogP contribution >= 0.6 is 0 Å². The zero-order chi connectivity index (χ0) is 22.1. The molecular weight excluding hydrogens is 388 g/mol. The summed E-state index contributed by atoms with van der Waals surface area (Å²) in [5, 5.41) is 5.79. The summed E-state index contributed by atoms with van der Waals surface area (Å²) in [6, 6.07) is 24.6. The highest BCUT2D eigenvalue weighted by atomic mass is 16.5. The Morgan fingerprint density at radius 2 is 1.68 bits per heavy atom. The molecule has 1 atom stereocenters. The first kappa shape index (κ1) is 22.1. The molecular formula is C26H28N2O3. The Bertz CT molecular complexity index is 1020. The van der Waals surface area contributed by atoms with Gasteiger partial charge in [-0.05, 0) is 55.2 Å². The van der Waals surface area contributed by atoms with Crippen LogP contribution in [-0.2, 0) is 11.2 Å². The molecule has 5 heteroatoms. The highest BCUT2D eigenvalue weighted by Gasteiger charge is 2.21. The molecule has 0 saturated carbocycles. The topological polar surface area (TPSA) is 67.4 Å². The number of carbonyl (C=O) groups is 2. The van der Waals surface area contributed by atoms with E-state index in [0.29, 0.717) is 30.0 Å². The quantitative estimate of drug-likeness (QED) is 0.528. The molecule has 3 aromatic rings. The van der Waals surface area contributed by atoms with Crippen molar-refractivity contribution in [3.8, 4) is 5.75 Å². The van der Waals surface area contributed by atoms with Crippen LogP contribution in [0.25, 0.3) is 0 Å². The van der Waals surface area contributed by atoms with Crippen molar-refractivity contribution in [1.82, 2.24) is 5.32 Å². The zero-order valence-electron chi connectivity index (χ0n) is 17.9. The van der Waals surface area contributed by atoms with Gasteiger partial charge in [-0.1, -0.05) is 61.5 Å². The van der Waals surface area contributed by atoms with Crippen molar-refractivity contribution in [3.05, 3.63) is 95.6 Å². The lowest BCUT2D eigenvalue weighted by atomic mass is 10.1.